The van der Waals surface area contributed by atoms with Crippen LogP contribution in [0.1, 0.15) is 25.7 Å². The van der Waals surface area contributed by atoms with Gasteiger partial charge in [0.05, 0.1) is 9.95 Å². The van der Waals surface area contributed by atoms with E-state index in [-0.39, 0.29) is 11.7 Å². The fourth-order valence-electron chi connectivity index (χ4n) is 3.28. The summed E-state index contributed by atoms with van der Waals surface area (Å²) in [6.45, 7) is 0. The summed E-state index contributed by atoms with van der Waals surface area (Å²) in [5, 5.41) is 11.1. The lowest BCUT2D eigenvalue weighted by molar-refractivity contribution is -0.385. The average Bonchev–Trinajstić information content (AvgIpc) is 2.62. The van der Waals surface area contributed by atoms with Crippen LogP contribution in [0.5, 0.6) is 0 Å². The molecule has 2 unspecified atom stereocenters. The third-order valence-corrected chi connectivity index (χ3v) is 4.31. The number of pyridine rings is 1. The largest absolute Gasteiger partial charge is 0.349 e. The molecule has 2 aliphatic heterocycles. The molecule has 2 atom stereocenters. The van der Waals surface area contributed by atoms with Crippen LogP contribution in [0.2, 0.25) is 5.02 Å². The Labute approximate surface area is 115 Å². The van der Waals surface area contributed by atoms with Crippen molar-refractivity contribution < 1.29 is 4.92 Å². The number of aromatic nitrogens is 1. The second-order valence-corrected chi connectivity index (χ2v) is 5.69. The van der Waals surface area contributed by atoms with Gasteiger partial charge in [-0.15, -0.1) is 0 Å². The minimum Gasteiger partial charge on any atom is -0.349 e. The van der Waals surface area contributed by atoms with E-state index in [1.165, 1.54) is 12.3 Å². The van der Waals surface area contributed by atoms with Crippen LogP contribution in [0.15, 0.2) is 12.3 Å². The molecule has 6 nitrogen and oxygen atoms in total. The second-order valence-electron chi connectivity index (χ2n) is 5.28. The molecule has 0 spiro atoms. The standard InChI is InChI=1S/C12H15ClN4O2/c13-11-5-10(17(18)19)6-15-12(11)16-8-1-2-9(16)4-7(14)3-8/h5-9H,1-4,14H2. The summed E-state index contributed by atoms with van der Waals surface area (Å²) in [5.41, 5.74) is 5.95. The maximum Gasteiger partial charge on any atom is 0.289 e. The van der Waals surface area contributed by atoms with E-state index >= 15 is 0 Å². The number of hydrogen-bond acceptors (Lipinski definition) is 5. The number of anilines is 1. The third-order valence-electron chi connectivity index (χ3n) is 4.03. The minimum absolute atomic E-state index is 0.0743. The number of nitrogens with two attached hydrogens (primary N) is 1. The van der Waals surface area contributed by atoms with Crippen molar-refractivity contribution in [3.05, 3.63) is 27.4 Å². The lowest BCUT2D eigenvalue weighted by Gasteiger charge is -2.38. The Morgan fingerprint density at radius 3 is 2.58 bits per heavy atom. The summed E-state index contributed by atoms with van der Waals surface area (Å²) in [6.07, 6.45) is 5.33. The number of nitro groups is 1. The van der Waals surface area contributed by atoms with E-state index in [4.69, 9.17) is 17.3 Å². The molecule has 0 radical (unpaired) electrons. The first-order chi connectivity index (χ1) is 9.06. The van der Waals surface area contributed by atoms with Crippen molar-refractivity contribution in [2.24, 2.45) is 5.73 Å². The summed E-state index contributed by atoms with van der Waals surface area (Å²) < 4.78 is 0. The summed E-state index contributed by atoms with van der Waals surface area (Å²) in [6, 6.07) is 2.34. The highest BCUT2D eigenvalue weighted by Crippen LogP contribution is 2.41. The van der Waals surface area contributed by atoms with Crippen LogP contribution in [0.25, 0.3) is 0 Å². The van der Waals surface area contributed by atoms with E-state index in [0.717, 1.165) is 25.7 Å². The third kappa shape index (κ3) is 2.15. The quantitative estimate of drug-likeness (QED) is 0.663. The van der Waals surface area contributed by atoms with Crippen molar-refractivity contribution >= 4 is 23.1 Å². The molecule has 2 N–H and O–H groups in total. The van der Waals surface area contributed by atoms with Crippen LogP contribution in [-0.4, -0.2) is 28.0 Å². The number of halogens is 1. The predicted molar refractivity (Wildman–Crippen MR) is 72.4 cm³/mol. The summed E-state index contributed by atoms with van der Waals surface area (Å²) in [7, 11) is 0. The van der Waals surface area contributed by atoms with Gasteiger partial charge in [-0.3, -0.25) is 10.1 Å². The van der Waals surface area contributed by atoms with Crippen molar-refractivity contribution in [1.29, 1.82) is 0 Å². The molecule has 0 amide bonds. The van der Waals surface area contributed by atoms with Gasteiger partial charge >= 0.3 is 0 Å². The highest BCUT2D eigenvalue weighted by atomic mass is 35.5. The number of fused-ring (bicyclic) bond motifs is 2. The first-order valence-electron chi connectivity index (χ1n) is 6.40. The van der Waals surface area contributed by atoms with Gasteiger partial charge in [0, 0.05) is 24.2 Å². The highest BCUT2D eigenvalue weighted by molar-refractivity contribution is 6.33. The van der Waals surface area contributed by atoms with Gasteiger partial charge in [-0.05, 0) is 25.7 Å². The molecule has 2 bridgehead atoms. The molecular formula is C12H15ClN4O2. The van der Waals surface area contributed by atoms with Gasteiger partial charge in [-0.2, -0.15) is 0 Å². The van der Waals surface area contributed by atoms with E-state index in [9.17, 15) is 10.1 Å². The normalized spacial score (nSPS) is 29.6. The Morgan fingerprint density at radius 2 is 2.05 bits per heavy atom. The van der Waals surface area contributed by atoms with E-state index in [1.807, 2.05) is 0 Å². The zero-order chi connectivity index (χ0) is 13.6. The van der Waals surface area contributed by atoms with E-state index in [0.29, 0.717) is 22.9 Å². The number of hydrogen-bond donors (Lipinski definition) is 1. The molecule has 19 heavy (non-hydrogen) atoms. The Bertz CT molecular complexity index is 510. The summed E-state index contributed by atoms with van der Waals surface area (Å²) in [4.78, 5) is 16.6. The monoisotopic (exact) mass is 282 g/mol. The van der Waals surface area contributed by atoms with Crippen LogP contribution >= 0.6 is 11.6 Å². The van der Waals surface area contributed by atoms with E-state index < -0.39 is 4.92 Å². The zero-order valence-electron chi connectivity index (χ0n) is 10.3. The van der Waals surface area contributed by atoms with Crippen molar-refractivity contribution in [3.8, 4) is 0 Å². The van der Waals surface area contributed by atoms with Crippen molar-refractivity contribution in [1.82, 2.24) is 4.98 Å². The molecule has 3 heterocycles. The minimum atomic E-state index is -0.483. The van der Waals surface area contributed by atoms with Gasteiger partial charge in [0.15, 0.2) is 0 Å². The second kappa shape index (κ2) is 4.61. The molecule has 1 aromatic heterocycles. The fourth-order valence-corrected chi connectivity index (χ4v) is 3.53. The zero-order valence-corrected chi connectivity index (χ0v) is 11.1. The molecule has 2 fully saturated rings. The van der Waals surface area contributed by atoms with Crippen LogP contribution < -0.4 is 10.6 Å². The number of nitrogens with zero attached hydrogens (tertiary/aromatic N) is 3. The maximum atomic E-state index is 10.7. The smallest absolute Gasteiger partial charge is 0.289 e. The van der Waals surface area contributed by atoms with Gasteiger partial charge in [0.2, 0.25) is 0 Å². The van der Waals surface area contributed by atoms with Crippen LogP contribution in [-0.2, 0) is 0 Å². The summed E-state index contributed by atoms with van der Waals surface area (Å²) in [5.74, 6) is 0.659. The Balaban J connectivity index is 1.93. The van der Waals surface area contributed by atoms with Crippen molar-refractivity contribution in [2.45, 2.75) is 43.8 Å². The summed E-state index contributed by atoms with van der Waals surface area (Å²) >= 11 is 6.16. The van der Waals surface area contributed by atoms with Gasteiger partial charge in [-0.25, -0.2) is 4.98 Å². The van der Waals surface area contributed by atoms with Gasteiger partial charge in [-0.1, -0.05) is 11.6 Å². The Kier molecular flexibility index (Phi) is 3.06. The Hall–Kier alpha value is -1.40. The SMILES string of the molecule is NC1CC2CCC(C1)N2c1ncc([N+](=O)[O-])cc1Cl. The molecule has 7 heteroatoms. The van der Waals surface area contributed by atoms with Crippen molar-refractivity contribution in [2.75, 3.05) is 4.90 Å². The molecule has 3 rings (SSSR count). The molecule has 0 aromatic carbocycles. The molecule has 102 valence electrons. The first kappa shape index (κ1) is 12.6. The highest BCUT2D eigenvalue weighted by Gasteiger charge is 2.41. The first-order valence-corrected chi connectivity index (χ1v) is 6.78. The van der Waals surface area contributed by atoms with Gasteiger partial charge < -0.3 is 10.6 Å². The van der Waals surface area contributed by atoms with Crippen LogP contribution in [0.3, 0.4) is 0 Å². The average molecular weight is 283 g/mol. The predicted octanol–water partition coefficient (Wildman–Crippen LogP) is 2.10. The van der Waals surface area contributed by atoms with E-state index in [2.05, 4.69) is 9.88 Å². The van der Waals surface area contributed by atoms with Gasteiger partial charge in [0.1, 0.15) is 12.0 Å². The molecule has 2 aliphatic rings. The van der Waals surface area contributed by atoms with Crippen molar-refractivity contribution in [3.63, 3.8) is 0 Å². The topological polar surface area (TPSA) is 85.3 Å². The molecule has 0 saturated carbocycles. The fraction of sp³-hybridized carbons (Fsp3) is 0.583. The van der Waals surface area contributed by atoms with Crippen LogP contribution in [0.4, 0.5) is 11.5 Å². The Morgan fingerprint density at radius 1 is 1.42 bits per heavy atom. The lowest BCUT2D eigenvalue weighted by Crippen LogP contribution is -2.48. The maximum absolute atomic E-state index is 10.7. The lowest BCUT2D eigenvalue weighted by atomic mass is 9.98. The molecule has 1 aromatic rings. The van der Waals surface area contributed by atoms with Gasteiger partial charge in [0.25, 0.3) is 5.69 Å². The molecule has 0 aliphatic carbocycles. The number of piperidine rings is 1. The van der Waals surface area contributed by atoms with Crippen LogP contribution in [0, 0.1) is 10.1 Å². The molecular weight excluding hydrogens is 268 g/mol. The number of rotatable bonds is 2. The molecule has 2 saturated heterocycles. The van der Waals surface area contributed by atoms with E-state index in [1.54, 1.807) is 0 Å².